The maximum atomic E-state index is 13.6. The Hall–Kier alpha value is -0.560. The summed E-state index contributed by atoms with van der Waals surface area (Å²) in [5, 5.41) is 0.351. The first-order chi connectivity index (χ1) is 8.45. The summed E-state index contributed by atoms with van der Waals surface area (Å²) >= 11 is 6.13. The summed E-state index contributed by atoms with van der Waals surface area (Å²) in [6.07, 6.45) is -2.65. The first-order valence-corrected chi connectivity index (χ1v) is 6.95. The molecule has 0 atom stereocenters. The van der Waals surface area contributed by atoms with E-state index in [0.717, 1.165) is 11.0 Å². The summed E-state index contributed by atoms with van der Waals surface area (Å²) in [5.74, 6) is -1.47. The molecule has 0 aliphatic heterocycles. The van der Waals surface area contributed by atoms with Gasteiger partial charge < -0.3 is 4.90 Å². The smallest absolute Gasteiger partial charge is 0.257 e. The predicted octanol–water partition coefficient (Wildman–Crippen LogP) is 3.69. The van der Waals surface area contributed by atoms with Gasteiger partial charge in [0.05, 0.1) is 12.1 Å². The Balaban J connectivity index is 2.94. The first-order valence-electron chi connectivity index (χ1n) is 5.04. The van der Waals surface area contributed by atoms with Crippen molar-refractivity contribution >= 4 is 37.8 Å². The molecule has 0 radical (unpaired) electrons. The van der Waals surface area contributed by atoms with E-state index < -0.39 is 24.7 Å². The Morgan fingerprint density at radius 3 is 2.56 bits per heavy atom. The van der Waals surface area contributed by atoms with Gasteiger partial charge in [-0.05, 0) is 18.2 Å². The molecule has 18 heavy (non-hydrogen) atoms. The van der Waals surface area contributed by atoms with Crippen molar-refractivity contribution < 1.29 is 18.0 Å². The second-order valence-corrected chi connectivity index (χ2v) is 5.16. The summed E-state index contributed by atoms with van der Waals surface area (Å²) in [6, 6.07) is 3.89. The van der Waals surface area contributed by atoms with Crippen molar-refractivity contribution in [2.24, 2.45) is 0 Å². The van der Waals surface area contributed by atoms with Gasteiger partial charge in [-0.15, -0.1) is 0 Å². The number of amides is 1. The van der Waals surface area contributed by atoms with Crippen LogP contribution in [-0.4, -0.2) is 35.7 Å². The molecule has 7 heteroatoms. The molecule has 0 aromatic heterocycles. The lowest BCUT2D eigenvalue weighted by Crippen LogP contribution is -2.37. The predicted molar refractivity (Wildman–Crippen MR) is 69.8 cm³/mol. The number of rotatable bonds is 5. The number of carbonyl (C=O) groups is 1. The van der Waals surface area contributed by atoms with Crippen LogP contribution in [0.4, 0.5) is 13.2 Å². The largest absolute Gasteiger partial charge is 0.332 e. The van der Waals surface area contributed by atoms with E-state index in [4.69, 9.17) is 0 Å². The van der Waals surface area contributed by atoms with Crippen LogP contribution in [0, 0.1) is 5.82 Å². The molecule has 1 aromatic carbocycles. The molecular weight excluding hydrogens is 379 g/mol. The van der Waals surface area contributed by atoms with E-state index in [1.54, 1.807) is 0 Å². The van der Waals surface area contributed by atoms with Crippen LogP contribution in [0.2, 0.25) is 0 Å². The molecule has 1 amide bonds. The summed E-state index contributed by atoms with van der Waals surface area (Å²) in [6.45, 7) is -0.612. The SMILES string of the molecule is O=C(c1ccc(Br)cc1F)N(CCBr)CC(F)F. The van der Waals surface area contributed by atoms with Crippen LogP contribution >= 0.6 is 31.9 Å². The van der Waals surface area contributed by atoms with Crippen molar-refractivity contribution in [3.8, 4) is 0 Å². The average molecular weight is 389 g/mol. The van der Waals surface area contributed by atoms with E-state index in [-0.39, 0.29) is 12.1 Å². The molecule has 0 fully saturated rings. The summed E-state index contributed by atoms with van der Waals surface area (Å²) < 4.78 is 38.7. The second kappa shape index (κ2) is 7.13. The van der Waals surface area contributed by atoms with Gasteiger partial charge in [-0.1, -0.05) is 31.9 Å². The Morgan fingerprint density at radius 2 is 2.06 bits per heavy atom. The monoisotopic (exact) mass is 387 g/mol. The van der Waals surface area contributed by atoms with Gasteiger partial charge >= 0.3 is 0 Å². The third kappa shape index (κ3) is 4.28. The van der Waals surface area contributed by atoms with E-state index in [2.05, 4.69) is 31.9 Å². The van der Waals surface area contributed by atoms with Gasteiger partial charge in [-0.3, -0.25) is 4.79 Å². The zero-order chi connectivity index (χ0) is 13.7. The minimum Gasteiger partial charge on any atom is -0.332 e. The number of alkyl halides is 3. The molecule has 0 heterocycles. The highest BCUT2D eigenvalue weighted by Crippen LogP contribution is 2.17. The molecule has 100 valence electrons. The van der Waals surface area contributed by atoms with Crippen LogP contribution in [-0.2, 0) is 0 Å². The first kappa shape index (κ1) is 15.5. The third-order valence-electron chi connectivity index (χ3n) is 2.16. The van der Waals surface area contributed by atoms with Crippen LogP contribution in [0.1, 0.15) is 10.4 Å². The highest BCUT2D eigenvalue weighted by atomic mass is 79.9. The lowest BCUT2D eigenvalue weighted by Gasteiger charge is -2.21. The van der Waals surface area contributed by atoms with Gasteiger partial charge in [0.25, 0.3) is 12.3 Å². The summed E-state index contributed by atoms with van der Waals surface area (Å²) in [5.41, 5.74) is -0.209. The van der Waals surface area contributed by atoms with Gasteiger partial charge in [0.2, 0.25) is 0 Å². The van der Waals surface area contributed by atoms with Crippen LogP contribution in [0.25, 0.3) is 0 Å². The van der Waals surface area contributed by atoms with Crippen LogP contribution < -0.4 is 0 Å². The number of carbonyl (C=O) groups excluding carboxylic acids is 1. The molecule has 1 rings (SSSR count). The molecule has 0 saturated carbocycles. The Bertz CT molecular complexity index is 429. The molecule has 0 saturated heterocycles. The quantitative estimate of drug-likeness (QED) is 0.704. The molecule has 0 unspecified atom stereocenters. The molecule has 0 spiro atoms. The number of halogens is 5. The molecule has 0 aliphatic rings. The number of nitrogens with zero attached hydrogens (tertiary/aromatic N) is 1. The van der Waals surface area contributed by atoms with Crippen molar-refractivity contribution in [2.75, 3.05) is 18.4 Å². The molecule has 1 aromatic rings. The van der Waals surface area contributed by atoms with Crippen LogP contribution in [0.15, 0.2) is 22.7 Å². The van der Waals surface area contributed by atoms with Crippen LogP contribution in [0.5, 0.6) is 0 Å². The molecule has 0 bridgehead atoms. The lowest BCUT2D eigenvalue weighted by atomic mass is 10.2. The van der Waals surface area contributed by atoms with Gasteiger partial charge in [-0.25, -0.2) is 13.2 Å². The topological polar surface area (TPSA) is 20.3 Å². The van der Waals surface area contributed by atoms with Gasteiger partial charge in [-0.2, -0.15) is 0 Å². The highest BCUT2D eigenvalue weighted by molar-refractivity contribution is 9.10. The van der Waals surface area contributed by atoms with E-state index in [0.29, 0.717) is 9.80 Å². The van der Waals surface area contributed by atoms with Crippen molar-refractivity contribution in [1.29, 1.82) is 0 Å². The normalized spacial score (nSPS) is 10.8. The maximum absolute atomic E-state index is 13.6. The number of hydrogen-bond donors (Lipinski definition) is 0. The Labute approximate surface area is 119 Å². The van der Waals surface area contributed by atoms with E-state index in [1.807, 2.05) is 0 Å². The standard InChI is InChI=1S/C11H10Br2F3NO/c12-3-4-17(6-10(15)16)11(18)8-2-1-7(13)5-9(8)14/h1-2,5,10H,3-4,6H2. The molecule has 0 aliphatic carbocycles. The minimum absolute atomic E-state index is 0.0959. The van der Waals surface area contributed by atoms with Crippen molar-refractivity contribution in [3.05, 3.63) is 34.1 Å². The summed E-state index contributed by atoms with van der Waals surface area (Å²) in [4.78, 5) is 12.8. The fourth-order valence-corrected chi connectivity index (χ4v) is 2.14. The molecule has 0 N–H and O–H groups in total. The zero-order valence-corrected chi connectivity index (χ0v) is 12.3. The van der Waals surface area contributed by atoms with Crippen molar-refractivity contribution in [2.45, 2.75) is 6.43 Å². The van der Waals surface area contributed by atoms with Gasteiger partial charge in [0.1, 0.15) is 5.82 Å². The minimum atomic E-state index is -2.65. The third-order valence-corrected chi connectivity index (χ3v) is 3.01. The van der Waals surface area contributed by atoms with Crippen molar-refractivity contribution in [1.82, 2.24) is 4.90 Å². The lowest BCUT2D eigenvalue weighted by molar-refractivity contribution is 0.0568. The molecular formula is C11H10Br2F3NO. The van der Waals surface area contributed by atoms with Crippen LogP contribution in [0.3, 0.4) is 0 Å². The molecule has 2 nitrogen and oxygen atoms in total. The number of benzene rings is 1. The van der Waals surface area contributed by atoms with Crippen molar-refractivity contribution in [3.63, 3.8) is 0 Å². The fraction of sp³-hybridized carbons (Fsp3) is 0.364. The van der Waals surface area contributed by atoms with Gasteiger partial charge in [0.15, 0.2) is 0 Å². The average Bonchev–Trinajstić information content (AvgIpc) is 2.27. The van der Waals surface area contributed by atoms with Gasteiger partial charge in [0, 0.05) is 16.3 Å². The maximum Gasteiger partial charge on any atom is 0.257 e. The van der Waals surface area contributed by atoms with E-state index in [9.17, 15) is 18.0 Å². The van der Waals surface area contributed by atoms with E-state index >= 15 is 0 Å². The Kier molecular flexibility index (Phi) is 6.14. The summed E-state index contributed by atoms with van der Waals surface area (Å²) in [7, 11) is 0. The second-order valence-electron chi connectivity index (χ2n) is 3.46. The number of hydrogen-bond acceptors (Lipinski definition) is 1. The zero-order valence-electron chi connectivity index (χ0n) is 9.18. The highest BCUT2D eigenvalue weighted by Gasteiger charge is 2.21. The van der Waals surface area contributed by atoms with E-state index in [1.165, 1.54) is 12.1 Å². The fourth-order valence-electron chi connectivity index (χ4n) is 1.38. The Morgan fingerprint density at radius 1 is 1.39 bits per heavy atom.